The lowest BCUT2D eigenvalue weighted by Crippen LogP contribution is -2.34. The van der Waals surface area contributed by atoms with Crippen molar-refractivity contribution >= 4 is 29.0 Å². The fraction of sp³-hybridized carbons (Fsp3) is 0.238. The molecule has 0 aromatic heterocycles. The van der Waals surface area contributed by atoms with Gasteiger partial charge in [0.05, 0.1) is 12.1 Å². The number of hydrogen-bond donors (Lipinski definition) is 0. The van der Waals surface area contributed by atoms with Crippen LogP contribution in [0.1, 0.15) is 24.0 Å². The highest BCUT2D eigenvalue weighted by Crippen LogP contribution is 2.34. The number of halogens is 2. The molecule has 0 atom stereocenters. The molecule has 2 aromatic rings. The Bertz CT molecular complexity index is 916. The summed E-state index contributed by atoms with van der Waals surface area (Å²) in [6, 6.07) is 12.8. The largest absolute Gasteiger partial charge is 0.366 e. The van der Waals surface area contributed by atoms with E-state index in [1.165, 1.54) is 17.0 Å². The van der Waals surface area contributed by atoms with Crippen LogP contribution in [-0.4, -0.2) is 34.7 Å². The molecule has 0 unspecified atom stereocenters. The lowest BCUT2D eigenvalue weighted by molar-refractivity contribution is -0.138. The molecule has 2 aliphatic heterocycles. The van der Waals surface area contributed by atoms with Crippen molar-refractivity contribution in [2.75, 3.05) is 13.1 Å². The number of nitrogens with zero attached hydrogens (tertiary/aromatic N) is 2. The molecule has 6 heteroatoms. The van der Waals surface area contributed by atoms with Crippen LogP contribution in [-0.2, 0) is 16.1 Å². The Morgan fingerprint density at radius 3 is 2.15 bits per heavy atom. The van der Waals surface area contributed by atoms with E-state index in [9.17, 15) is 14.0 Å². The van der Waals surface area contributed by atoms with Gasteiger partial charge in [0.15, 0.2) is 0 Å². The number of carbonyl (C=O) groups excluding carboxylic acids is 2. The quantitative estimate of drug-likeness (QED) is 0.752. The molecule has 0 bridgehead atoms. The normalized spacial score (nSPS) is 17.4. The van der Waals surface area contributed by atoms with Crippen LogP contribution in [0, 0.1) is 5.82 Å². The summed E-state index contributed by atoms with van der Waals surface area (Å²) in [7, 11) is 0. The minimum absolute atomic E-state index is 0.177. The summed E-state index contributed by atoms with van der Waals surface area (Å²) in [5.74, 6) is -1.02. The van der Waals surface area contributed by atoms with Gasteiger partial charge in [0.25, 0.3) is 11.8 Å². The van der Waals surface area contributed by atoms with Crippen LogP contribution < -0.4 is 0 Å². The van der Waals surface area contributed by atoms with Crippen molar-refractivity contribution in [3.05, 3.63) is 76.2 Å². The zero-order valence-corrected chi connectivity index (χ0v) is 15.4. The van der Waals surface area contributed by atoms with Gasteiger partial charge in [0.1, 0.15) is 11.5 Å². The van der Waals surface area contributed by atoms with Gasteiger partial charge in [-0.1, -0.05) is 35.9 Å². The Labute approximate surface area is 161 Å². The number of likely N-dealkylation sites (tertiary alicyclic amines) is 1. The van der Waals surface area contributed by atoms with Crippen molar-refractivity contribution in [2.24, 2.45) is 0 Å². The second-order valence-corrected chi connectivity index (χ2v) is 7.18. The van der Waals surface area contributed by atoms with Crippen molar-refractivity contribution < 1.29 is 14.0 Å². The van der Waals surface area contributed by atoms with Gasteiger partial charge < -0.3 is 4.90 Å². The van der Waals surface area contributed by atoms with E-state index in [1.54, 1.807) is 36.4 Å². The summed E-state index contributed by atoms with van der Waals surface area (Å²) in [4.78, 5) is 29.5. The van der Waals surface area contributed by atoms with Gasteiger partial charge in [-0.05, 0) is 48.2 Å². The van der Waals surface area contributed by atoms with Crippen molar-refractivity contribution in [3.8, 4) is 0 Å². The number of imide groups is 1. The van der Waals surface area contributed by atoms with Crippen LogP contribution in [0.25, 0.3) is 5.57 Å². The van der Waals surface area contributed by atoms with Crippen LogP contribution in [0.3, 0.4) is 0 Å². The summed E-state index contributed by atoms with van der Waals surface area (Å²) in [6.07, 6.45) is 1.97. The van der Waals surface area contributed by atoms with E-state index in [0.717, 1.165) is 31.5 Å². The third-order valence-corrected chi connectivity index (χ3v) is 5.20. The van der Waals surface area contributed by atoms with E-state index in [1.807, 2.05) is 4.90 Å². The molecule has 1 saturated heterocycles. The highest BCUT2D eigenvalue weighted by atomic mass is 35.5. The molecule has 4 rings (SSSR count). The van der Waals surface area contributed by atoms with Crippen LogP contribution in [0.5, 0.6) is 0 Å². The third kappa shape index (κ3) is 3.35. The molecule has 1 fully saturated rings. The molecule has 2 aromatic carbocycles. The zero-order chi connectivity index (χ0) is 19.0. The van der Waals surface area contributed by atoms with E-state index in [0.29, 0.717) is 21.9 Å². The molecule has 0 saturated carbocycles. The molecule has 138 valence electrons. The molecule has 4 nitrogen and oxygen atoms in total. The van der Waals surface area contributed by atoms with Crippen LogP contribution in [0.2, 0.25) is 5.02 Å². The molecule has 2 aliphatic rings. The van der Waals surface area contributed by atoms with Gasteiger partial charge in [-0.15, -0.1) is 0 Å². The number of rotatable bonds is 4. The monoisotopic (exact) mass is 384 g/mol. The lowest BCUT2D eigenvalue weighted by Gasteiger charge is -2.20. The molecule has 27 heavy (non-hydrogen) atoms. The van der Waals surface area contributed by atoms with Crippen LogP contribution >= 0.6 is 11.6 Å². The zero-order valence-electron chi connectivity index (χ0n) is 14.6. The first-order chi connectivity index (χ1) is 13.0. The molecule has 0 spiro atoms. The summed E-state index contributed by atoms with van der Waals surface area (Å²) in [5.41, 5.74) is 2.17. The van der Waals surface area contributed by atoms with Crippen molar-refractivity contribution in [2.45, 2.75) is 19.4 Å². The SMILES string of the molecule is O=C1C(c2ccc(F)cc2)=C(N2CCCC2)C(=O)N1Cc1ccc(Cl)cc1. The molecular weight excluding hydrogens is 367 g/mol. The molecule has 0 N–H and O–H groups in total. The van der Waals surface area contributed by atoms with E-state index < -0.39 is 0 Å². The lowest BCUT2D eigenvalue weighted by atomic mass is 10.0. The highest BCUT2D eigenvalue weighted by molar-refractivity contribution is 6.35. The first-order valence-electron chi connectivity index (χ1n) is 8.90. The Balaban J connectivity index is 1.72. The molecule has 0 radical (unpaired) electrons. The first-order valence-corrected chi connectivity index (χ1v) is 9.28. The second-order valence-electron chi connectivity index (χ2n) is 6.75. The minimum atomic E-state index is -0.378. The smallest absolute Gasteiger partial charge is 0.278 e. The fourth-order valence-corrected chi connectivity index (χ4v) is 3.72. The average molecular weight is 385 g/mol. The van der Waals surface area contributed by atoms with Gasteiger partial charge >= 0.3 is 0 Å². The minimum Gasteiger partial charge on any atom is -0.366 e. The molecular formula is C21H18ClFN2O2. The summed E-state index contributed by atoms with van der Waals surface area (Å²) in [6.45, 7) is 1.67. The number of hydrogen-bond acceptors (Lipinski definition) is 3. The maximum atomic E-state index is 13.3. The van der Waals surface area contributed by atoms with E-state index in [4.69, 9.17) is 11.6 Å². The Hall–Kier alpha value is -2.66. The van der Waals surface area contributed by atoms with Gasteiger partial charge in [-0.3, -0.25) is 14.5 Å². The molecule has 0 aliphatic carbocycles. The third-order valence-electron chi connectivity index (χ3n) is 4.95. The number of amides is 2. The van der Waals surface area contributed by atoms with Crippen molar-refractivity contribution in [1.29, 1.82) is 0 Å². The second kappa shape index (κ2) is 7.16. The maximum Gasteiger partial charge on any atom is 0.278 e. The standard InChI is InChI=1S/C21H18ClFN2O2/c22-16-7-3-14(4-8-16)13-25-20(26)18(15-5-9-17(23)10-6-15)19(21(25)27)24-11-1-2-12-24/h3-10H,1-2,11-13H2. The van der Waals surface area contributed by atoms with Gasteiger partial charge in [0.2, 0.25) is 0 Å². The summed E-state index contributed by atoms with van der Waals surface area (Å²) < 4.78 is 13.3. The van der Waals surface area contributed by atoms with Crippen molar-refractivity contribution in [3.63, 3.8) is 0 Å². The van der Waals surface area contributed by atoms with Gasteiger partial charge in [-0.2, -0.15) is 0 Å². The Morgan fingerprint density at radius 1 is 0.889 bits per heavy atom. The predicted octanol–water partition coefficient (Wildman–Crippen LogP) is 3.86. The topological polar surface area (TPSA) is 40.6 Å². The van der Waals surface area contributed by atoms with Crippen molar-refractivity contribution in [1.82, 2.24) is 9.80 Å². The summed E-state index contributed by atoms with van der Waals surface area (Å²) in [5, 5.41) is 0.598. The van der Waals surface area contributed by atoms with E-state index in [-0.39, 0.29) is 24.2 Å². The van der Waals surface area contributed by atoms with Gasteiger partial charge in [-0.25, -0.2) is 4.39 Å². The average Bonchev–Trinajstić information content (AvgIpc) is 3.26. The highest BCUT2D eigenvalue weighted by Gasteiger charge is 2.42. The van der Waals surface area contributed by atoms with Crippen LogP contribution in [0.15, 0.2) is 54.2 Å². The molecule has 2 heterocycles. The maximum absolute atomic E-state index is 13.3. The van der Waals surface area contributed by atoms with E-state index in [2.05, 4.69) is 0 Å². The van der Waals surface area contributed by atoms with E-state index >= 15 is 0 Å². The Morgan fingerprint density at radius 2 is 1.52 bits per heavy atom. The van der Waals surface area contributed by atoms with Crippen LogP contribution in [0.4, 0.5) is 4.39 Å². The fourth-order valence-electron chi connectivity index (χ4n) is 3.59. The number of benzene rings is 2. The summed E-state index contributed by atoms with van der Waals surface area (Å²) >= 11 is 5.92. The number of carbonyl (C=O) groups is 2. The molecule has 2 amide bonds. The Kier molecular flexibility index (Phi) is 4.70. The predicted molar refractivity (Wildman–Crippen MR) is 101 cm³/mol. The van der Waals surface area contributed by atoms with Gasteiger partial charge in [0, 0.05) is 18.1 Å². The first kappa shape index (κ1) is 17.7.